The zero-order valence-corrected chi connectivity index (χ0v) is 13.3. The van der Waals surface area contributed by atoms with Crippen LogP contribution in [0.4, 0.5) is 13.6 Å². The van der Waals surface area contributed by atoms with Crippen molar-refractivity contribution in [3.05, 3.63) is 53.6 Å². The Morgan fingerprint density at radius 2 is 2.00 bits per heavy atom. The number of hydrogen-bond acceptors (Lipinski definition) is 3. The van der Waals surface area contributed by atoms with Gasteiger partial charge in [0.25, 0.3) is 0 Å². The lowest BCUT2D eigenvalue weighted by molar-refractivity contribution is -0.0176. The molecule has 1 aliphatic rings. The molecule has 1 unspecified atom stereocenters. The van der Waals surface area contributed by atoms with Crippen LogP contribution in [0.15, 0.2) is 36.4 Å². The highest BCUT2D eigenvalue weighted by atomic mass is 19.1. The summed E-state index contributed by atoms with van der Waals surface area (Å²) in [6, 6.07) is 8.20. The summed E-state index contributed by atoms with van der Waals surface area (Å²) in [5.74, 6) is -0.597. The summed E-state index contributed by atoms with van der Waals surface area (Å²) >= 11 is 0. The minimum absolute atomic E-state index is 0.138. The van der Waals surface area contributed by atoms with Crippen LogP contribution < -0.4 is 10.5 Å². The summed E-state index contributed by atoms with van der Waals surface area (Å²) in [5.41, 5.74) is 5.96. The number of benzene rings is 2. The van der Waals surface area contributed by atoms with Gasteiger partial charge in [0.1, 0.15) is 23.5 Å². The van der Waals surface area contributed by atoms with Gasteiger partial charge in [0.2, 0.25) is 0 Å². The van der Waals surface area contributed by atoms with Gasteiger partial charge in [-0.2, -0.15) is 0 Å². The van der Waals surface area contributed by atoms with E-state index in [0.29, 0.717) is 23.5 Å². The molecule has 1 atom stereocenters. The van der Waals surface area contributed by atoms with Crippen LogP contribution in [0.2, 0.25) is 0 Å². The largest absolute Gasteiger partial charge is 0.492 e. The van der Waals surface area contributed by atoms with Crippen molar-refractivity contribution >= 4 is 6.09 Å². The maximum Gasteiger partial charge on any atom is 0.405 e. The Labute approximate surface area is 138 Å². The number of amides is 1. The first-order valence-electron chi connectivity index (χ1n) is 7.46. The molecule has 0 fully saturated rings. The van der Waals surface area contributed by atoms with Crippen molar-refractivity contribution in [3.63, 3.8) is 0 Å². The molecule has 0 aromatic heterocycles. The number of carbonyl (C=O) groups excluding carboxylic acids is 1. The molecule has 2 aromatic rings. The molecule has 3 rings (SSSR count). The highest BCUT2D eigenvalue weighted by Crippen LogP contribution is 2.46. The van der Waals surface area contributed by atoms with Gasteiger partial charge in [-0.1, -0.05) is 26.0 Å². The Bertz CT molecular complexity index is 805. The zero-order valence-electron chi connectivity index (χ0n) is 13.3. The number of primary amides is 1. The molecule has 6 heteroatoms. The topological polar surface area (TPSA) is 61.6 Å². The SMILES string of the molecule is CC1(C)COc2cc(-c3cc(F)ccc3F)ccc2C1OC(N)=O. The average Bonchev–Trinajstić information content (AvgIpc) is 2.52. The van der Waals surface area contributed by atoms with Gasteiger partial charge in [0, 0.05) is 16.5 Å². The van der Waals surface area contributed by atoms with Crippen molar-refractivity contribution in [2.24, 2.45) is 11.1 Å². The number of halogens is 2. The summed E-state index contributed by atoms with van der Waals surface area (Å²) in [5, 5.41) is 0. The third-order valence-corrected chi connectivity index (χ3v) is 4.08. The average molecular weight is 333 g/mol. The van der Waals surface area contributed by atoms with Gasteiger partial charge < -0.3 is 15.2 Å². The van der Waals surface area contributed by atoms with E-state index >= 15 is 0 Å². The van der Waals surface area contributed by atoms with Gasteiger partial charge in [-0.3, -0.25) is 0 Å². The lowest BCUT2D eigenvalue weighted by Crippen LogP contribution is -2.37. The fraction of sp³-hybridized carbons (Fsp3) is 0.278. The fourth-order valence-electron chi connectivity index (χ4n) is 2.86. The second kappa shape index (κ2) is 5.78. The van der Waals surface area contributed by atoms with E-state index in [9.17, 15) is 13.6 Å². The molecule has 0 spiro atoms. The molecule has 2 aromatic carbocycles. The van der Waals surface area contributed by atoms with Crippen LogP contribution in [0.25, 0.3) is 11.1 Å². The third-order valence-electron chi connectivity index (χ3n) is 4.08. The molecule has 0 saturated heterocycles. The van der Waals surface area contributed by atoms with Gasteiger partial charge in [-0.15, -0.1) is 0 Å². The summed E-state index contributed by atoms with van der Waals surface area (Å²) in [7, 11) is 0. The van der Waals surface area contributed by atoms with E-state index < -0.39 is 29.2 Å². The molecule has 24 heavy (non-hydrogen) atoms. The van der Waals surface area contributed by atoms with Crippen molar-refractivity contribution < 1.29 is 23.0 Å². The van der Waals surface area contributed by atoms with E-state index in [1.165, 1.54) is 0 Å². The fourth-order valence-corrected chi connectivity index (χ4v) is 2.86. The van der Waals surface area contributed by atoms with Gasteiger partial charge in [-0.25, -0.2) is 13.6 Å². The monoisotopic (exact) mass is 333 g/mol. The number of fused-ring (bicyclic) bond motifs is 1. The van der Waals surface area contributed by atoms with E-state index in [0.717, 1.165) is 18.2 Å². The molecule has 0 saturated carbocycles. The molecule has 126 valence electrons. The second-order valence-corrected chi connectivity index (χ2v) is 6.47. The highest BCUT2D eigenvalue weighted by molar-refractivity contribution is 5.68. The lowest BCUT2D eigenvalue weighted by atomic mass is 9.80. The predicted octanol–water partition coefficient (Wildman–Crippen LogP) is 4.19. The molecular formula is C18H17F2NO3. The van der Waals surface area contributed by atoms with E-state index in [2.05, 4.69) is 0 Å². The zero-order chi connectivity index (χ0) is 17.5. The van der Waals surface area contributed by atoms with E-state index in [1.807, 2.05) is 13.8 Å². The minimum atomic E-state index is -0.874. The number of ether oxygens (including phenoxy) is 2. The molecule has 4 nitrogen and oxygen atoms in total. The summed E-state index contributed by atoms with van der Waals surface area (Å²) in [4.78, 5) is 11.2. The Morgan fingerprint density at radius 1 is 1.25 bits per heavy atom. The molecule has 0 radical (unpaired) electrons. The quantitative estimate of drug-likeness (QED) is 0.896. The van der Waals surface area contributed by atoms with Gasteiger partial charge in [0.05, 0.1) is 6.61 Å². The normalized spacial score (nSPS) is 18.4. The minimum Gasteiger partial charge on any atom is -0.492 e. The van der Waals surface area contributed by atoms with Crippen molar-refractivity contribution in [3.8, 4) is 16.9 Å². The molecule has 0 aliphatic carbocycles. The van der Waals surface area contributed by atoms with E-state index in [1.54, 1.807) is 18.2 Å². The molecule has 1 amide bonds. The summed E-state index contributed by atoms with van der Waals surface area (Å²) < 4.78 is 38.4. The number of rotatable bonds is 2. The van der Waals surface area contributed by atoms with Crippen LogP contribution in [0.5, 0.6) is 5.75 Å². The Kier molecular flexibility index (Phi) is 3.91. The smallest absolute Gasteiger partial charge is 0.405 e. The van der Waals surface area contributed by atoms with E-state index in [4.69, 9.17) is 15.2 Å². The number of carbonyl (C=O) groups is 1. The first-order valence-corrected chi connectivity index (χ1v) is 7.46. The number of hydrogen-bond donors (Lipinski definition) is 1. The van der Waals surface area contributed by atoms with Crippen molar-refractivity contribution in [1.82, 2.24) is 0 Å². The second-order valence-electron chi connectivity index (χ2n) is 6.47. The van der Waals surface area contributed by atoms with Crippen LogP contribution in [-0.4, -0.2) is 12.7 Å². The van der Waals surface area contributed by atoms with Crippen LogP contribution in [0, 0.1) is 17.0 Å². The molecular weight excluding hydrogens is 316 g/mol. The molecule has 2 N–H and O–H groups in total. The van der Waals surface area contributed by atoms with Gasteiger partial charge in [0.15, 0.2) is 0 Å². The van der Waals surface area contributed by atoms with Crippen LogP contribution >= 0.6 is 0 Å². The highest BCUT2D eigenvalue weighted by Gasteiger charge is 2.40. The third kappa shape index (κ3) is 2.91. The number of nitrogens with two attached hydrogens (primary N) is 1. The summed E-state index contributed by atoms with van der Waals surface area (Å²) in [6.45, 7) is 4.08. The Morgan fingerprint density at radius 3 is 2.71 bits per heavy atom. The standard InChI is InChI=1S/C18H17F2NO3/c1-18(2)9-23-15-7-10(13-8-11(19)4-6-14(13)20)3-5-12(15)16(18)24-17(21)22/h3-8,16H,9H2,1-2H3,(H2,21,22). The first-order chi connectivity index (χ1) is 11.3. The molecule has 0 bridgehead atoms. The predicted molar refractivity (Wildman–Crippen MR) is 84.5 cm³/mol. The van der Waals surface area contributed by atoms with Crippen LogP contribution in [0.3, 0.4) is 0 Å². The maximum absolute atomic E-state index is 14.0. The lowest BCUT2D eigenvalue weighted by Gasteiger charge is -2.38. The van der Waals surface area contributed by atoms with Crippen LogP contribution in [-0.2, 0) is 4.74 Å². The van der Waals surface area contributed by atoms with Crippen molar-refractivity contribution in [2.45, 2.75) is 20.0 Å². The van der Waals surface area contributed by atoms with Crippen molar-refractivity contribution in [2.75, 3.05) is 6.61 Å². The maximum atomic E-state index is 14.0. The van der Waals surface area contributed by atoms with Gasteiger partial charge >= 0.3 is 6.09 Å². The summed E-state index contributed by atoms with van der Waals surface area (Å²) in [6.07, 6.45) is -1.45. The van der Waals surface area contributed by atoms with Crippen molar-refractivity contribution in [1.29, 1.82) is 0 Å². The Hall–Kier alpha value is -2.63. The first kappa shape index (κ1) is 16.2. The van der Waals surface area contributed by atoms with Crippen LogP contribution in [0.1, 0.15) is 25.5 Å². The van der Waals surface area contributed by atoms with Gasteiger partial charge in [-0.05, 0) is 29.8 Å². The van der Waals surface area contributed by atoms with E-state index in [-0.39, 0.29) is 5.56 Å². The molecule has 1 aliphatic heterocycles. The molecule has 1 heterocycles. The Balaban J connectivity index is 2.06.